The summed E-state index contributed by atoms with van der Waals surface area (Å²) in [6.45, 7) is 17.3. The fourth-order valence-electron chi connectivity index (χ4n) is 6.28. The number of nitrogens with one attached hydrogen (secondary N) is 1. The van der Waals surface area contributed by atoms with Crippen molar-refractivity contribution in [2.45, 2.75) is 98.2 Å². The monoisotopic (exact) mass is 600 g/mol. The van der Waals surface area contributed by atoms with Gasteiger partial charge in [-0.1, -0.05) is 85.7 Å². The van der Waals surface area contributed by atoms with Crippen LogP contribution in [0.2, 0.25) is 0 Å². The summed E-state index contributed by atoms with van der Waals surface area (Å²) in [5.74, 6) is -1.03. The van der Waals surface area contributed by atoms with Crippen LogP contribution in [0, 0.1) is 17.3 Å². The van der Waals surface area contributed by atoms with Gasteiger partial charge < -0.3 is 19.9 Å². The molecule has 0 saturated carbocycles. The van der Waals surface area contributed by atoms with Crippen LogP contribution in [-0.2, 0) is 29.3 Å². The summed E-state index contributed by atoms with van der Waals surface area (Å²) in [4.78, 5) is 58.5. The van der Waals surface area contributed by atoms with Gasteiger partial charge in [0.1, 0.15) is 12.1 Å². The van der Waals surface area contributed by atoms with Gasteiger partial charge in [0.2, 0.25) is 17.7 Å². The number of hydrogen-bond donors (Lipinski definition) is 1. The first-order valence-electron chi connectivity index (χ1n) is 15.7. The van der Waals surface area contributed by atoms with Crippen LogP contribution in [0.3, 0.4) is 0 Å². The fraction of sp³-hybridized carbons (Fsp3) is 0.706. The van der Waals surface area contributed by atoms with Gasteiger partial charge in [0.25, 0.3) is 0 Å². The number of esters is 1. The van der Waals surface area contributed by atoms with Crippen molar-refractivity contribution < 1.29 is 23.9 Å². The van der Waals surface area contributed by atoms with Gasteiger partial charge in [0.05, 0.1) is 13.7 Å². The van der Waals surface area contributed by atoms with Crippen molar-refractivity contribution in [1.29, 1.82) is 0 Å². The maximum atomic E-state index is 14.1. The molecule has 0 aromatic heterocycles. The molecule has 1 saturated heterocycles. The molecule has 0 bridgehead atoms. The zero-order valence-corrected chi connectivity index (χ0v) is 28.4. The number of rotatable bonds is 13. The maximum absolute atomic E-state index is 14.1. The number of hydrogen-bond acceptors (Lipinski definition) is 6. The minimum absolute atomic E-state index is 0.0952. The Morgan fingerprint density at radius 2 is 1.65 bits per heavy atom. The predicted octanol–water partition coefficient (Wildman–Crippen LogP) is 4.10. The van der Waals surface area contributed by atoms with Crippen LogP contribution >= 0.6 is 0 Å². The third-order valence-corrected chi connectivity index (χ3v) is 9.08. The van der Waals surface area contributed by atoms with Gasteiger partial charge in [-0.2, -0.15) is 0 Å². The third-order valence-electron chi connectivity index (χ3n) is 9.08. The van der Waals surface area contributed by atoms with Crippen molar-refractivity contribution in [1.82, 2.24) is 20.0 Å². The third kappa shape index (κ3) is 9.03. The summed E-state index contributed by atoms with van der Waals surface area (Å²) >= 11 is 0. The first-order valence-corrected chi connectivity index (χ1v) is 15.7. The molecule has 0 unspecified atom stereocenters. The maximum Gasteiger partial charge on any atom is 0.328 e. The molecule has 242 valence electrons. The van der Waals surface area contributed by atoms with E-state index in [9.17, 15) is 19.2 Å². The van der Waals surface area contributed by atoms with Gasteiger partial charge >= 0.3 is 5.97 Å². The van der Waals surface area contributed by atoms with Crippen LogP contribution in [0.4, 0.5) is 0 Å². The molecule has 1 heterocycles. The number of likely N-dealkylation sites (N-methyl/N-ethyl adjacent to an activating group) is 2. The summed E-state index contributed by atoms with van der Waals surface area (Å²) in [6.07, 6.45) is 2.01. The Morgan fingerprint density at radius 3 is 2.16 bits per heavy atom. The first-order chi connectivity index (χ1) is 20.0. The number of likely N-dealkylation sites (tertiary alicyclic amines) is 1. The second kappa shape index (κ2) is 15.2. The lowest BCUT2D eigenvalue weighted by Crippen LogP contribution is -2.59. The number of ether oxygens (including phenoxy) is 1. The van der Waals surface area contributed by atoms with Gasteiger partial charge in [-0.3, -0.25) is 19.3 Å². The highest BCUT2D eigenvalue weighted by molar-refractivity contribution is 5.90. The smallest absolute Gasteiger partial charge is 0.328 e. The highest BCUT2D eigenvalue weighted by Crippen LogP contribution is 2.35. The zero-order chi connectivity index (χ0) is 32.7. The number of carbonyl (C=O) groups excluding carboxylic acids is 4. The number of carbonyl (C=O) groups is 4. The van der Waals surface area contributed by atoms with Crippen molar-refractivity contribution in [3.63, 3.8) is 0 Å². The van der Waals surface area contributed by atoms with Gasteiger partial charge in [0, 0.05) is 37.5 Å². The van der Waals surface area contributed by atoms with Crippen LogP contribution in [0.1, 0.15) is 80.2 Å². The van der Waals surface area contributed by atoms with Crippen LogP contribution < -0.4 is 5.32 Å². The lowest BCUT2D eigenvalue weighted by atomic mass is 9.71. The van der Waals surface area contributed by atoms with E-state index in [1.54, 1.807) is 16.8 Å². The fourth-order valence-corrected chi connectivity index (χ4v) is 6.28. The van der Waals surface area contributed by atoms with Crippen molar-refractivity contribution in [3.8, 4) is 0 Å². The van der Waals surface area contributed by atoms with Crippen molar-refractivity contribution in [3.05, 3.63) is 35.9 Å². The van der Waals surface area contributed by atoms with Gasteiger partial charge in [-0.05, 0) is 43.2 Å². The Bertz CT molecular complexity index is 1100. The quantitative estimate of drug-likeness (QED) is 0.343. The molecule has 0 aliphatic carbocycles. The molecule has 43 heavy (non-hydrogen) atoms. The van der Waals surface area contributed by atoms with E-state index < -0.39 is 22.9 Å². The van der Waals surface area contributed by atoms with E-state index >= 15 is 0 Å². The highest BCUT2D eigenvalue weighted by atomic mass is 16.5. The number of methoxy groups -OCH3 is 1. The Morgan fingerprint density at radius 1 is 1.05 bits per heavy atom. The minimum Gasteiger partial charge on any atom is -0.467 e. The molecule has 1 fully saturated rings. The topological polar surface area (TPSA) is 99.3 Å². The van der Waals surface area contributed by atoms with Gasteiger partial charge in [-0.15, -0.1) is 0 Å². The van der Waals surface area contributed by atoms with E-state index in [0.29, 0.717) is 25.9 Å². The average molecular weight is 601 g/mol. The summed E-state index contributed by atoms with van der Waals surface area (Å²) in [6, 6.07) is 8.55. The summed E-state index contributed by atoms with van der Waals surface area (Å²) in [5, 5.41) is 3.15. The minimum atomic E-state index is -0.732. The van der Waals surface area contributed by atoms with E-state index in [4.69, 9.17) is 4.74 Å². The molecular formula is C34H56N4O5. The molecular weight excluding hydrogens is 544 g/mol. The zero-order valence-electron chi connectivity index (χ0n) is 28.4. The Kier molecular flexibility index (Phi) is 12.8. The second-order valence-corrected chi connectivity index (χ2v) is 14.1. The first kappa shape index (κ1) is 36.3. The molecule has 0 spiro atoms. The molecule has 1 aliphatic rings. The number of nitrogens with zero attached hydrogens (tertiary/aromatic N) is 3. The molecule has 2 rings (SSSR count). The Balaban J connectivity index is 2.20. The SMILES string of the molecule is CC[C@H](C(=O)N[C@H](C(=O)N(C)[C@H](CN(C)CC(=O)N1CCC[C@H]1C(=O)OC)C(C)C)C(C)(C)C)C(C)(C)c1ccccc1. The van der Waals surface area contributed by atoms with E-state index in [2.05, 4.69) is 33.0 Å². The van der Waals surface area contributed by atoms with Gasteiger partial charge in [-0.25, -0.2) is 4.79 Å². The van der Waals surface area contributed by atoms with E-state index in [1.165, 1.54) is 7.11 Å². The van der Waals surface area contributed by atoms with E-state index in [1.807, 2.05) is 70.0 Å². The molecule has 1 aromatic rings. The molecule has 4 atom stereocenters. The molecule has 3 amide bonds. The molecule has 9 heteroatoms. The molecule has 1 aromatic carbocycles. The van der Waals surface area contributed by atoms with Crippen molar-refractivity contribution in [2.75, 3.05) is 40.8 Å². The average Bonchev–Trinajstić information content (AvgIpc) is 3.44. The molecule has 1 aliphatic heterocycles. The molecule has 1 N–H and O–H groups in total. The van der Waals surface area contributed by atoms with Crippen molar-refractivity contribution >= 4 is 23.7 Å². The highest BCUT2D eigenvalue weighted by Gasteiger charge is 2.42. The standard InChI is InChI=1S/C34H56N4O5/c1-12-25(34(7,8)24-17-14-13-15-18-24)30(40)35-29(33(4,5)6)31(41)37(10)27(23(2)3)21-36(9)22-28(39)38-20-16-19-26(38)32(42)43-11/h13-15,17-18,23,25-27,29H,12,16,19-22H2,1-11H3,(H,35,40)/t25-,26+,27-,29-/m1/s1. The second-order valence-electron chi connectivity index (χ2n) is 14.1. The summed E-state index contributed by atoms with van der Waals surface area (Å²) in [5.41, 5.74) is 0.130. The van der Waals surface area contributed by atoms with Gasteiger partial charge in [0.15, 0.2) is 0 Å². The normalized spacial score (nSPS) is 17.9. The molecule has 0 radical (unpaired) electrons. The number of amides is 3. The van der Waals surface area contributed by atoms with Crippen LogP contribution in [0.15, 0.2) is 30.3 Å². The van der Waals surface area contributed by atoms with Crippen molar-refractivity contribution in [2.24, 2.45) is 17.3 Å². The lowest BCUT2D eigenvalue weighted by Gasteiger charge is -2.41. The summed E-state index contributed by atoms with van der Waals surface area (Å²) in [7, 11) is 4.98. The molecule has 9 nitrogen and oxygen atoms in total. The largest absolute Gasteiger partial charge is 0.467 e. The lowest BCUT2D eigenvalue weighted by molar-refractivity contribution is -0.151. The van der Waals surface area contributed by atoms with E-state index in [-0.39, 0.29) is 48.1 Å². The number of benzene rings is 1. The summed E-state index contributed by atoms with van der Waals surface area (Å²) < 4.78 is 4.89. The van der Waals surface area contributed by atoms with Crippen LogP contribution in [-0.4, -0.2) is 97.4 Å². The Labute approximate surface area is 259 Å². The van der Waals surface area contributed by atoms with E-state index in [0.717, 1.165) is 12.0 Å². The van der Waals surface area contributed by atoms with Crippen LogP contribution in [0.5, 0.6) is 0 Å². The van der Waals surface area contributed by atoms with Crippen LogP contribution in [0.25, 0.3) is 0 Å². The predicted molar refractivity (Wildman–Crippen MR) is 170 cm³/mol. The Hall–Kier alpha value is -2.94.